The Morgan fingerprint density at radius 3 is 1.79 bits per heavy atom. The van der Waals surface area contributed by atoms with E-state index in [2.05, 4.69) is 75.4 Å². The Hall–Kier alpha value is -1.56. The Balaban J connectivity index is 2.29. The fraction of sp³-hybridized carbons (Fsp3) is 0.368. The van der Waals surface area contributed by atoms with E-state index in [0.717, 1.165) is 0 Å². The molecule has 0 nitrogen and oxygen atoms in total. The standard InChI is InChI=1S/C19H24/c1-4-8-19(17-9-6-5-7-10-17)18-13-11-16(12-14-18)15(2)3/h5-7,9-15,19H,4,8H2,1-3H3. The molecule has 0 heteroatoms. The van der Waals surface area contributed by atoms with Crippen molar-refractivity contribution in [3.8, 4) is 0 Å². The maximum atomic E-state index is 2.31. The van der Waals surface area contributed by atoms with Gasteiger partial charge in [-0.2, -0.15) is 0 Å². The van der Waals surface area contributed by atoms with Crippen LogP contribution in [0.3, 0.4) is 0 Å². The van der Waals surface area contributed by atoms with Gasteiger partial charge in [0.25, 0.3) is 0 Å². The SMILES string of the molecule is CCCC(c1ccccc1)c1ccc(C(C)C)cc1. The first-order valence-electron chi connectivity index (χ1n) is 7.37. The predicted octanol–water partition coefficient (Wildman–Crippen LogP) is 5.74. The second-order valence-corrected chi connectivity index (χ2v) is 5.57. The minimum Gasteiger partial charge on any atom is -0.0653 e. The molecule has 19 heavy (non-hydrogen) atoms. The van der Waals surface area contributed by atoms with Crippen molar-refractivity contribution in [1.29, 1.82) is 0 Å². The van der Waals surface area contributed by atoms with E-state index in [4.69, 9.17) is 0 Å². The summed E-state index contributed by atoms with van der Waals surface area (Å²) in [5.41, 5.74) is 4.30. The molecule has 2 aromatic rings. The molecule has 2 rings (SSSR count). The van der Waals surface area contributed by atoms with Crippen LogP contribution in [-0.4, -0.2) is 0 Å². The lowest BCUT2D eigenvalue weighted by Crippen LogP contribution is -2.01. The van der Waals surface area contributed by atoms with Gasteiger partial charge in [0.05, 0.1) is 0 Å². The van der Waals surface area contributed by atoms with Crippen LogP contribution in [0.5, 0.6) is 0 Å². The quantitative estimate of drug-likeness (QED) is 0.636. The van der Waals surface area contributed by atoms with Crippen LogP contribution < -0.4 is 0 Å². The van der Waals surface area contributed by atoms with Gasteiger partial charge in [-0.1, -0.05) is 81.8 Å². The predicted molar refractivity (Wildman–Crippen MR) is 83.7 cm³/mol. The van der Waals surface area contributed by atoms with Crippen molar-refractivity contribution in [2.45, 2.75) is 45.4 Å². The molecule has 0 aromatic heterocycles. The zero-order chi connectivity index (χ0) is 13.7. The number of benzene rings is 2. The van der Waals surface area contributed by atoms with Gasteiger partial charge < -0.3 is 0 Å². The molecule has 0 fully saturated rings. The normalized spacial score (nSPS) is 12.6. The van der Waals surface area contributed by atoms with Crippen molar-refractivity contribution >= 4 is 0 Å². The highest BCUT2D eigenvalue weighted by atomic mass is 14.2. The van der Waals surface area contributed by atoms with Gasteiger partial charge in [0.1, 0.15) is 0 Å². The lowest BCUT2D eigenvalue weighted by Gasteiger charge is -2.18. The lowest BCUT2D eigenvalue weighted by atomic mass is 9.86. The summed E-state index contributed by atoms with van der Waals surface area (Å²) in [5.74, 6) is 1.14. The van der Waals surface area contributed by atoms with Gasteiger partial charge >= 0.3 is 0 Å². The zero-order valence-electron chi connectivity index (χ0n) is 12.3. The Labute approximate surface area is 117 Å². The summed E-state index contributed by atoms with van der Waals surface area (Å²) < 4.78 is 0. The maximum absolute atomic E-state index is 2.31. The molecule has 1 unspecified atom stereocenters. The molecule has 1 atom stereocenters. The van der Waals surface area contributed by atoms with Crippen LogP contribution in [0.15, 0.2) is 54.6 Å². The van der Waals surface area contributed by atoms with Crippen molar-refractivity contribution in [2.24, 2.45) is 0 Å². The van der Waals surface area contributed by atoms with E-state index in [0.29, 0.717) is 11.8 Å². The fourth-order valence-electron chi connectivity index (χ4n) is 2.61. The second kappa shape index (κ2) is 6.56. The van der Waals surface area contributed by atoms with Gasteiger partial charge in [-0.15, -0.1) is 0 Å². The molecule has 0 saturated carbocycles. The molecule has 0 saturated heterocycles. The molecule has 2 aromatic carbocycles. The second-order valence-electron chi connectivity index (χ2n) is 5.57. The van der Waals surface area contributed by atoms with Crippen LogP contribution in [0.4, 0.5) is 0 Å². The minimum absolute atomic E-state index is 0.535. The van der Waals surface area contributed by atoms with Gasteiger partial charge in [0, 0.05) is 5.92 Å². The first-order chi connectivity index (χ1) is 9.22. The van der Waals surface area contributed by atoms with Gasteiger partial charge in [0.2, 0.25) is 0 Å². The van der Waals surface area contributed by atoms with E-state index in [1.54, 1.807) is 0 Å². The number of hydrogen-bond acceptors (Lipinski definition) is 0. The van der Waals surface area contributed by atoms with E-state index in [1.165, 1.54) is 29.5 Å². The molecule has 0 heterocycles. The topological polar surface area (TPSA) is 0 Å². The summed E-state index contributed by atoms with van der Waals surface area (Å²) in [4.78, 5) is 0. The van der Waals surface area contributed by atoms with Crippen molar-refractivity contribution in [2.75, 3.05) is 0 Å². The average Bonchev–Trinajstić information content (AvgIpc) is 2.46. The molecule has 0 aliphatic heterocycles. The van der Waals surface area contributed by atoms with Crippen molar-refractivity contribution in [3.05, 3.63) is 71.3 Å². The summed E-state index contributed by atoms with van der Waals surface area (Å²) in [5, 5.41) is 0. The van der Waals surface area contributed by atoms with Gasteiger partial charge in [0.15, 0.2) is 0 Å². The zero-order valence-corrected chi connectivity index (χ0v) is 12.3. The van der Waals surface area contributed by atoms with E-state index in [-0.39, 0.29) is 0 Å². The molecular weight excluding hydrogens is 228 g/mol. The first kappa shape index (κ1) is 13.9. The Morgan fingerprint density at radius 1 is 0.737 bits per heavy atom. The van der Waals surface area contributed by atoms with E-state index in [1.807, 2.05) is 0 Å². The smallest absolute Gasteiger partial charge is 0.00892 e. The summed E-state index contributed by atoms with van der Waals surface area (Å²) in [6.45, 7) is 6.75. The average molecular weight is 252 g/mol. The lowest BCUT2D eigenvalue weighted by molar-refractivity contribution is 0.697. The molecule has 0 amide bonds. The van der Waals surface area contributed by atoms with Crippen LogP contribution >= 0.6 is 0 Å². The van der Waals surface area contributed by atoms with E-state index >= 15 is 0 Å². The van der Waals surface area contributed by atoms with Crippen LogP contribution in [0.2, 0.25) is 0 Å². The van der Waals surface area contributed by atoms with Gasteiger partial charge in [-0.3, -0.25) is 0 Å². The van der Waals surface area contributed by atoms with E-state index < -0.39 is 0 Å². The first-order valence-corrected chi connectivity index (χ1v) is 7.37. The maximum Gasteiger partial charge on any atom is 0.00892 e. The molecular formula is C19H24. The molecule has 0 radical (unpaired) electrons. The number of hydrogen-bond donors (Lipinski definition) is 0. The van der Waals surface area contributed by atoms with Crippen LogP contribution in [0.25, 0.3) is 0 Å². The minimum atomic E-state index is 0.535. The molecule has 0 spiro atoms. The summed E-state index contributed by atoms with van der Waals surface area (Å²) in [6.07, 6.45) is 2.43. The number of rotatable bonds is 5. The van der Waals surface area contributed by atoms with Gasteiger partial charge in [-0.25, -0.2) is 0 Å². The third kappa shape index (κ3) is 3.47. The fourth-order valence-corrected chi connectivity index (χ4v) is 2.61. The summed E-state index contributed by atoms with van der Waals surface area (Å²) in [7, 11) is 0. The highest BCUT2D eigenvalue weighted by molar-refractivity contribution is 5.34. The Morgan fingerprint density at radius 2 is 1.26 bits per heavy atom. The molecule has 100 valence electrons. The van der Waals surface area contributed by atoms with Crippen LogP contribution in [0.1, 0.15) is 62.1 Å². The van der Waals surface area contributed by atoms with Crippen LogP contribution in [0, 0.1) is 0 Å². The molecule has 0 N–H and O–H groups in total. The summed E-state index contributed by atoms with van der Waals surface area (Å²) >= 11 is 0. The third-order valence-electron chi connectivity index (χ3n) is 3.78. The highest BCUT2D eigenvalue weighted by Crippen LogP contribution is 2.30. The molecule has 0 bridgehead atoms. The molecule has 0 aliphatic carbocycles. The largest absolute Gasteiger partial charge is 0.0653 e. The van der Waals surface area contributed by atoms with Crippen molar-refractivity contribution < 1.29 is 0 Å². The third-order valence-corrected chi connectivity index (χ3v) is 3.78. The summed E-state index contributed by atoms with van der Waals surface area (Å²) in [6, 6.07) is 20.0. The Bertz CT molecular complexity index is 479. The van der Waals surface area contributed by atoms with Gasteiger partial charge in [-0.05, 0) is 29.0 Å². The highest BCUT2D eigenvalue weighted by Gasteiger charge is 2.13. The van der Waals surface area contributed by atoms with Crippen LogP contribution in [-0.2, 0) is 0 Å². The Kier molecular flexibility index (Phi) is 4.79. The van der Waals surface area contributed by atoms with Crippen molar-refractivity contribution in [1.82, 2.24) is 0 Å². The monoisotopic (exact) mass is 252 g/mol. The molecule has 0 aliphatic rings. The van der Waals surface area contributed by atoms with E-state index in [9.17, 15) is 0 Å². The van der Waals surface area contributed by atoms with Crippen molar-refractivity contribution in [3.63, 3.8) is 0 Å².